The number of hydrogen-bond donors (Lipinski definition) is 1. The summed E-state index contributed by atoms with van der Waals surface area (Å²) in [5, 5.41) is 0. The van der Waals surface area contributed by atoms with Gasteiger partial charge in [-0.25, -0.2) is 4.98 Å². The molecule has 0 bridgehead atoms. The summed E-state index contributed by atoms with van der Waals surface area (Å²) in [7, 11) is 0. The Kier molecular flexibility index (Phi) is 6.82. The van der Waals surface area contributed by atoms with Crippen molar-refractivity contribution in [1.29, 1.82) is 0 Å². The summed E-state index contributed by atoms with van der Waals surface area (Å²) in [5.41, 5.74) is 8.71. The SMILES string of the molecule is Nc1nc(C2CCN(C(=O)CCc3ccccc3)CC2)ccc1C(=O)N1CCOCC1. The molecule has 0 aliphatic carbocycles. The van der Waals surface area contributed by atoms with Crippen LogP contribution in [0.5, 0.6) is 0 Å². The number of morpholine rings is 1. The van der Waals surface area contributed by atoms with Gasteiger partial charge in [0.15, 0.2) is 0 Å². The van der Waals surface area contributed by atoms with E-state index in [1.807, 2.05) is 29.2 Å². The fourth-order valence-electron chi connectivity index (χ4n) is 4.31. The molecule has 2 amide bonds. The van der Waals surface area contributed by atoms with Crippen LogP contribution in [0.1, 0.15) is 46.8 Å². The first-order chi connectivity index (χ1) is 15.1. The molecule has 2 aliphatic rings. The lowest BCUT2D eigenvalue weighted by molar-refractivity contribution is -0.132. The predicted octanol–water partition coefficient (Wildman–Crippen LogP) is 2.48. The van der Waals surface area contributed by atoms with Crippen LogP contribution in [0.2, 0.25) is 0 Å². The van der Waals surface area contributed by atoms with Gasteiger partial charge in [-0.05, 0) is 37.0 Å². The molecule has 7 nitrogen and oxygen atoms in total. The lowest BCUT2D eigenvalue weighted by Crippen LogP contribution is -2.41. The summed E-state index contributed by atoms with van der Waals surface area (Å²) in [6, 6.07) is 13.8. The van der Waals surface area contributed by atoms with Gasteiger partial charge in [-0.2, -0.15) is 0 Å². The fraction of sp³-hybridized carbons (Fsp3) is 0.458. The molecule has 3 heterocycles. The highest BCUT2D eigenvalue weighted by Gasteiger charge is 2.26. The second-order valence-electron chi connectivity index (χ2n) is 8.21. The van der Waals surface area contributed by atoms with Crippen molar-refractivity contribution in [3.05, 3.63) is 59.3 Å². The number of anilines is 1. The highest BCUT2D eigenvalue weighted by molar-refractivity contribution is 5.98. The van der Waals surface area contributed by atoms with Crippen molar-refractivity contribution in [3.8, 4) is 0 Å². The normalized spacial score (nSPS) is 17.5. The molecule has 1 aromatic carbocycles. The largest absolute Gasteiger partial charge is 0.383 e. The molecular weight excluding hydrogens is 392 g/mol. The fourth-order valence-corrected chi connectivity index (χ4v) is 4.31. The number of aromatic nitrogens is 1. The van der Waals surface area contributed by atoms with Gasteiger partial charge in [0.25, 0.3) is 5.91 Å². The van der Waals surface area contributed by atoms with Gasteiger partial charge in [-0.15, -0.1) is 0 Å². The van der Waals surface area contributed by atoms with Crippen molar-refractivity contribution in [2.24, 2.45) is 0 Å². The van der Waals surface area contributed by atoms with Gasteiger partial charge in [0, 0.05) is 44.2 Å². The van der Waals surface area contributed by atoms with Crippen LogP contribution in [0.3, 0.4) is 0 Å². The molecule has 2 aliphatic heterocycles. The van der Waals surface area contributed by atoms with Crippen LogP contribution >= 0.6 is 0 Å². The topological polar surface area (TPSA) is 88.8 Å². The number of hydrogen-bond acceptors (Lipinski definition) is 5. The Morgan fingerprint density at radius 3 is 2.35 bits per heavy atom. The van der Waals surface area contributed by atoms with E-state index in [1.54, 1.807) is 11.0 Å². The van der Waals surface area contributed by atoms with Crippen molar-refractivity contribution in [2.45, 2.75) is 31.6 Å². The monoisotopic (exact) mass is 422 g/mol. The minimum atomic E-state index is -0.0846. The van der Waals surface area contributed by atoms with Crippen molar-refractivity contribution < 1.29 is 14.3 Å². The molecule has 2 fully saturated rings. The number of aryl methyl sites for hydroxylation is 1. The minimum absolute atomic E-state index is 0.0846. The lowest BCUT2D eigenvalue weighted by atomic mass is 9.92. The van der Waals surface area contributed by atoms with Crippen LogP contribution in [0.15, 0.2) is 42.5 Å². The summed E-state index contributed by atoms with van der Waals surface area (Å²) in [6.45, 7) is 3.73. The maximum Gasteiger partial charge on any atom is 0.257 e. The molecule has 0 atom stereocenters. The molecule has 0 unspecified atom stereocenters. The average Bonchev–Trinajstić information content (AvgIpc) is 2.83. The third-order valence-electron chi connectivity index (χ3n) is 6.21. The first kappa shape index (κ1) is 21.3. The summed E-state index contributed by atoms with van der Waals surface area (Å²) in [4.78, 5) is 33.5. The van der Waals surface area contributed by atoms with Crippen molar-refractivity contribution in [2.75, 3.05) is 45.1 Å². The van der Waals surface area contributed by atoms with Gasteiger partial charge in [-0.3, -0.25) is 9.59 Å². The molecule has 4 rings (SSSR count). The first-order valence-corrected chi connectivity index (χ1v) is 11.1. The Bertz CT molecular complexity index is 904. The van der Waals surface area contributed by atoms with Gasteiger partial charge in [0.1, 0.15) is 5.82 Å². The molecule has 0 saturated carbocycles. The molecule has 1 aromatic heterocycles. The average molecular weight is 423 g/mol. The molecule has 2 saturated heterocycles. The van der Waals surface area contributed by atoms with E-state index in [-0.39, 0.29) is 23.6 Å². The molecular formula is C24H30N4O3. The zero-order valence-electron chi connectivity index (χ0n) is 17.8. The maximum atomic E-state index is 12.7. The number of nitrogens with zero attached hydrogens (tertiary/aromatic N) is 3. The molecule has 7 heteroatoms. The van der Waals surface area contributed by atoms with E-state index in [1.165, 1.54) is 5.56 Å². The summed E-state index contributed by atoms with van der Waals surface area (Å²) in [6.07, 6.45) is 3.04. The number of piperidine rings is 1. The van der Waals surface area contributed by atoms with Gasteiger partial charge >= 0.3 is 0 Å². The quantitative estimate of drug-likeness (QED) is 0.800. The molecule has 0 spiro atoms. The second kappa shape index (κ2) is 9.92. The van der Waals surface area contributed by atoms with Crippen LogP contribution in [-0.2, 0) is 16.0 Å². The van der Waals surface area contributed by atoms with Crippen molar-refractivity contribution in [3.63, 3.8) is 0 Å². The number of pyridine rings is 1. The van der Waals surface area contributed by atoms with Gasteiger partial charge < -0.3 is 20.3 Å². The number of benzene rings is 1. The van der Waals surface area contributed by atoms with E-state index >= 15 is 0 Å². The number of rotatable bonds is 5. The number of ether oxygens (including phenoxy) is 1. The van der Waals surface area contributed by atoms with Gasteiger partial charge in [0.05, 0.1) is 18.8 Å². The standard InChI is InChI=1S/C24H30N4O3/c25-23-20(24(30)28-14-16-31-17-15-28)7-8-21(26-23)19-10-12-27(13-11-19)22(29)9-6-18-4-2-1-3-5-18/h1-5,7-8,19H,6,9-17H2,(H2,25,26). The first-order valence-electron chi connectivity index (χ1n) is 11.1. The number of nitrogens with two attached hydrogens (primary N) is 1. The lowest BCUT2D eigenvalue weighted by Gasteiger charge is -2.32. The maximum absolute atomic E-state index is 12.7. The minimum Gasteiger partial charge on any atom is -0.383 e. The number of nitrogen functional groups attached to an aromatic ring is 1. The third-order valence-corrected chi connectivity index (χ3v) is 6.21. The highest BCUT2D eigenvalue weighted by Crippen LogP contribution is 2.28. The van der Waals surface area contributed by atoms with E-state index in [0.717, 1.165) is 38.0 Å². The number of amides is 2. The summed E-state index contributed by atoms with van der Waals surface area (Å²) in [5.74, 6) is 0.670. The Balaban J connectivity index is 1.30. The van der Waals surface area contributed by atoms with E-state index in [2.05, 4.69) is 17.1 Å². The predicted molar refractivity (Wildman–Crippen MR) is 119 cm³/mol. The molecule has 2 N–H and O–H groups in total. The highest BCUT2D eigenvalue weighted by atomic mass is 16.5. The third kappa shape index (κ3) is 5.22. The molecule has 31 heavy (non-hydrogen) atoms. The Morgan fingerprint density at radius 1 is 0.968 bits per heavy atom. The van der Waals surface area contributed by atoms with Crippen molar-refractivity contribution in [1.82, 2.24) is 14.8 Å². The zero-order chi connectivity index (χ0) is 21.6. The van der Waals surface area contributed by atoms with Crippen LogP contribution < -0.4 is 5.73 Å². The van der Waals surface area contributed by atoms with E-state index < -0.39 is 0 Å². The molecule has 0 radical (unpaired) electrons. The van der Waals surface area contributed by atoms with Crippen molar-refractivity contribution >= 4 is 17.6 Å². The number of likely N-dealkylation sites (tertiary alicyclic amines) is 1. The van der Waals surface area contributed by atoms with Gasteiger partial charge in [-0.1, -0.05) is 30.3 Å². The smallest absolute Gasteiger partial charge is 0.257 e. The molecule has 164 valence electrons. The van der Waals surface area contributed by atoms with Gasteiger partial charge in [0.2, 0.25) is 5.91 Å². The summed E-state index contributed by atoms with van der Waals surface area (Å²) < 4.78 is 5.31. The van der Waals surface area contributed by atoms with E-state index in [0.29, 0.717) is 38.3 Å². The Hall–Kier alpha value is -2.93. The Morgan fingerprint density at radius 2 is 1.68 bits per heavy atom. The van der Waals surface area contributed by atoms with Crippen LogP contribution in [0.25, 0.3) is 0 Å². The molecule has 2 aromatic rings. The second-order valence-corrected chi connectivity index (χ2v) is 8.21. The van der Waals surface area contributed by atoms with E-state index in [9.17, 15) is 9.59 Å². The summed E-state index contributed by atoms with van der Waals surface area (Å²) >= 11 is 0. The van der Waals surface area contributed by atoms with Crippen LogP contribution in [0.4, 0.5) is 5.82 Å². The zero-order valence-corrected chi connectivity index (χ0v) is 17.8. The van der Waals surface area contributed by atoms with Crippen LogP contribution in [0, 0.1) is 0 Å². The Labute approximate surface area is 183 Å². The van der Waals surface area contributed by atoms with Crippen LogP contribution in [-0.4, -0.2) is 66.0 Å². The number of carbonyl (C=O) groups is 2. The van der Waals surface area contributed by atoms with E-state index in [4.69, 9.17) is 10.5 Å². The number of carbonyl (C=O) groups excluding carboxylic acids is 2.